The molecule has 0 amide bonds. The van der Waals surface area contributed by atoms with Crippen molar-refractivity contribution in [1.82, 2.24) is 14.6 Å². The average molecular weight is 364 g/mol. The quantitative estimate of drug-likeness (QED) is 0.600. The first-order valence-electron chi connectivity index (χ1n) is 7.89. The van der Waals surface area contributed by atoms with Gasteiger partial charge in [0.1, 0.15) is 11.3 Å². The lowest BCUT2D eigenvalue weighted by Gasteiger charge is -2.07. The molecule has 0 fully saturated rings. The van der Waals surface area contributed by atoms with Crippen molar-refractivity contribution in [1.29, 1.82) is 5.26 Å². The third kappa shape index (κ3) is 2.68. The van der Waals surface area contributed by atoms with Crippen LogP contribution in [0.15, 0.2) is 42.5 Å². The van der Waals surface area contributed by atoms with Crippen LogP contribution in [0.25, 0.3) is 16.4 Å². The fraction of sp³-hybridized carbons (Fsp3) is 0.105. The number of ether oxygens (including phenoxy) is 1. The van der Waals surface area contributed by atoms with E-state index in [-0.39, 0.29) is 5.95 Å². The van der Waals surface area contributed by atoms with E-state index < -0.39 is 0 Å². The van der Waals surface area contributed by atoms with Gasteiger partial charge in [-0.15, -0.1) is 0 Å². The molecule has 2 aromatic carbocycles. The van der Waals surface area contributed by atoms with Crippen LogP contribution in [0.4, 0.5) is 5.95 Å². The normalized spacial score (nSPS) is 11.0. The van der Waals surface area contributed by atoms with Gasteiger partial charge in [-0.3, -0.25) is 0 Å². The summed E-state index contributed by atoms with van der Waals surface area (Å²) in [4.78, 5) is 4.43. The van der Waals surface area contributed by atoms with Crippen LogP contribution in [0.3, 0.4) is 0 Å². The molecule has 4 rings (SSSR count). The Kier molecular flexibility index (Phi) is 3.86. The lowest BCUT2D eigenvalue weighted by atomic mass is 10.1. The maximum absolute atomic E-state index is 9.11. The van der Waals surface area contributed by atoms with Crippen molar-refractivity contribution < 1.29 is 4.74 Å². The van der Waals surface area contributed by atoms with Crippen LogP contribution in [0.5, 0.6) is 5.75 Å². The lowest BCUT2D eigenvalue weighted by molar-refractivity contribution is 0.419. The molecule has 128 valence electrons. The molecular weight excluding hydrogens is 350 g/mol. The number of nitrogens with zero attached hydrogens (tertiary/aromatic N) is 4. The molecule has 0 aliphatic heterocycles. The van der Waals surface area contributed by atoms with Crippen molar-refractivity contribution in [2.75, 3.05) is 12.8 Å². The first-order valence-corrected chi connectivity index (χ1v) is 8.27. The highest BCUT2D eigenvalue weighted by atomic mass is 35.5. The predicted molar refractivity (Wildman–Crippen MR) is 100 cm³/mol. The van der Waals surface area contributed by atoms with Gasteiger partial charge in [-0.2, -0.15) is 14.9 Å². The van der Waals surface area contributed by atoms with Gasteiger partial charge in [-0.05, 0) is 35.9 Å². The maximum Gasteiger partial charge on any atom is 0.222 e. The zero-order valence-corrected chi connectivity index (χ0v) is 14.7. The molecule has 0 atom stereocenters. The molecule has 2 aromatic heterocycles. The van der Waals surface area contributed by atoms with E-state index in [0.717, 1.165) is 22.2 Å². The van der Waals surface area contributed by atoms with Gasteiger partial charge < -0.3 is 10.5 Å². The van der Waals surface area contributed by atoms with E-state index in [1.807, 2.05) is 30.3 Å². The second-order valence-corrected chi connectivity index (χ2v) is 6.33. The molecule has 2 N–H and O–H groups in total. The Morgan fingerprint density at radius 2 is 2.12 bits per heavy atom. The Morgan fingerprint density at radius 1 is 1.27 bits per heavy atom. The molecule has 0 aliphatic rings. The van der Waals surface area contributed by atoms with Gasteiger partial charge in [0.25, 0.3) is 0 Å². The van der Waals surface area contributed by atoms with Gasteiger partial charge >= 0.3 is 0 Å². The largest absolute Gasteiger partial charge is 0.494 e. The molecule has 4 aromatic rings. The summed E-state index contributed by atoms with van der Waals surface area (Å²) in [6, 6.07) is 15.1. The van der Waals surface area contributed by atoms with E-state index in [4.69, 9.17) is 27.3 Å². The minimum atomic E-state index is 0.284. The Labute approximate surface area is 154 Å². The number of hydrogen-bond donors (Lipinski definition) is 1. The first-order chi connectivity index (χ1) is 12.6. The van der Waals surface area contributed by atoms with Gasteiger partial charge in [0.15, 0.2) is 0 Å². The molecule has 0 aliphatic carbocycles. The Hall–Kier alpha value is -3.30. The summed E-state index contributed by atoms with van der Waals surface area (Å²) in [5.41, 5.74) is 9.87. The van der Waals surface area contributed by atoms with Crippen molar-refractivity contribution in [3.63, 3.8) is 0 Å². The van der Waals surface area contributed by atoms with Crippen LogP contribution >= 0.6 is 11.6 Å². The van der Waals surface area contributed by atoms with E-state index in [1.165, 1.54) is 0 Å². The molecule has 26 heavy (non-hydrogen) atoms. The van der Waals surface area contributed by atoms with Crippen molar-refractivity contribution >= 4 is 34.0 Å². The van der Waals surface area contributed by atoms with Gasteiger partial charge in [-0.1, -0.05) is 23.7 Å². The van der Waals surface area contributed by atoms with Crippen LogP contribution in [0.1, 0.15) is 16.8 Å². The number of nitrogen functional groups attached to an aromatic ring is 1. The number of anilines is 1. The van der Waals surface area contributed by atoms with Gasteiger partial charge in [0.2, 0.25) is 5.95 Å². The molecule has 0 saturated heterocycles. The van der Waals surface area contributed by atoms with Crippen LogP contribution in [-0.4, -0.2) is 21.7 Å². The van der Waals surface area contributed by atoms with Crippen LogP contribution in [0, 0.1) is 11.3 Å². The molecule has 0 unspecified atom stereocenters. The van der Waals surface area contributed by atoms with Crippen LogP contribution in [0.2, 0.25) is 5.02 Å². The molecule has 0 bridgehead atoms. The summed E-state index contributed by atoms with van der Waals surface area (Å²) >= 11 is 6.09. The molecule has 6 nitrogen and oxygen atoms in total. The maximum atomic E-state index is 9.11. The highest BCUT2D eigenvalue weighted by Gasteiger charge is 2.13. The van der Waals surface area contributed by atoms with Crippen LogP contribution < -0.4 is 10.5 Å². The number of nitriles is 1. The zero-order valence-electron chi connectivity index (χ0n) is 13.9. The number of rotatable bonds is 3. The van der Waals surface area contributed by atoms with Crippen molar-refractivity contribution in [3.8, 4) is 11.8 Å². The standard InChI is InChI=1S/C19H14ClN5O/c1-26-17-4-2-3-15-16-9-14(24-25(16)19(22)23-18(15)17)8-11-5-12(10-21)7-13(20)6-11/h2-7,9H,8H2,1H3,(H2,22,23). The monoisotopic (exact) mass is 363 g/mol. The smallest absolute Gasteiger partial charge is 0.222 e. The Balaban J connectivity index is 1.86. The summed E-state index contributed by atoms with van der Waals surface area (Å²) < 4.78 is 7.00. The minimum Gasteiger partial charge on any atom is -0.494 e. The number of aromatic nitrogens is 3. The summed E-state index contributed by atoms with van der Waals surface area (Å²) in [6.45, 7) is 0. The summed E-state index contributed by atoms with van der Waals surface area (Å²) in [7, 11) is 1.60. The lowest BCUT2D eigenvalue weighted by Crippen LogP contribution is -2.03. The third-order valence-electron chi connectivity index (χ3n) is 4.17. The number of para-hydroxylation sites is 1. The number of methoxy groups -OCH3 is 1. The highest BCUT2D eigenvalue weighted by molar-refractivity contribution is 6.30. The molecule has 2 heterocycles. The van der Waals surface area contributed by atoms with Crippen molar-refractivity contribution in [2.24, 2.45) is 0 Å². The molecule has 7 heteroatoms. The van der Waals surface area contributed by atoms with Crippen molar-refractivity contribution in [3.05, 3.63) is 64.3 Å². The molecular formula is C19H14ClN5O. The third-order valence-corrected chi connectivity index (χ3v) is 4.39. The summed E-state index contributed by atoms with van der Waals surface area (Å²) in [6.07, 6.45) is 0.530. The molecule has 0 saturated carbocycles. The Bertz CT molecular complexity index is 1190. The molecule has 0 radical (unpaired) electrons. The van der Waals surface area contributed by atoms with Gasteiger partial charge in [0, 0.05) is 16.8 Å². The second kappa shape index (κ2) is 6.21. The van der Waals surface area contributed by atoms with Gasteiger partial charge in [0.05, 0.1) is 30.0 Å². The van der Waals surface area contributed by atoms with E-state index >= 15 is 0 Å². The first kappa shape index (κ1) is 16.2. The summed E-state index contributed by atoms with van der Waals surface area (Å²) in [5.74, 6) is 0.944. The Morgan fingerprint density at radius 3 is 2.88 bits per heavy atom. The van der Waals surface area contributed by atoms with Gasteiger partial charge in [-0.25, -0.2) is 4.98 Å². The number of halogens is 1. The minimum absolute atomic E-state index is 0.284. The number of benzene rings is 2. The van der Waals surface area contributed by atoms with E-state index in [2.05, 4.69) is 16.2 Å². The number of fused-ring (bicyclic) bond motifs is 3. The topological polar surface area (TPSA) is 89.2 Å². The van der Waals surface area contributed by atoms with Crippen molar-refractivity contribution in [2.45, 2.75) is 6.42 Å². The highest BCUT2D eigenvalue weighted by Crippen LogP contribution is 2.29. The predicted octanol–water partition coefficient (Wildman–Crippen LogP) is 3.59. The fourth-order valence-electron chi connectivity index (χ4n) is 3.08. The fourth-order valence-corrected chi connectivity index (χ4v) is 3.34. The number of nitrogens with two attached hydrogens (primary N) is 1. The molecule has 0 spiro atoms. The second-order valence-electron chi connectivity index (χ2n) is 5.90. The van der Waals surface area contributed by atoms with Crippen LogP contribution in [-0.2, 0) is 6.42 Å². The average Bonchev–Trinajstić information content (AvgIpc) is 3.05. The SMILES string of the molecule is COc1cccc2c1nc(N)n1nc(Cc3cc(Cl)cc(C#N)c3)cc21. The number of hydrogen-bond acceptors (Lipinski definition) is 5. The van der Waals surface area contributed by atoms with E-state index in [1.54, 1.807) is 23.8 Å². The van der Waals surface area contributed by atoms with E-state index in [9.17, 15) is 0 Å². The zero-order chi connectivity index (χ0) is 18.3. The van der Waals surface area contributed by atoms with E-state index in [0.29, 0.717) is 28.3 Å². The summed E-state index contributed by atoms with van der Waals surface area (Å²) in [5, 5.41) is 15.1.